The Morgan fingerprint density at radius 1 is 1.15 bits per heavy atom. The van der Waals surface area contributed by atoms with Crippen molar-refractivity contribution >= 4 is 17.7 Å². The summed E-state index contributed by atoms with van der Waals surface area (Å²) in [6, 6.07) is 8.00. The number of benzene rings is 1. The maximum Gasteiger partial charge on any atom is 0.237 e. The van der Waals surface area contributed by atoms with E-state index in [2.05, 4.69) is 25.2 Å². The van der Waals surface area contributed by atoms with Crippen LogP contribution in [0.1, 0.15) is 11.5 Å². The number of anilines is 1. The SMILES string of the molecule is Cc1ccccc1-c1noc(CSc2nnc(N3CCOCC3)n2C)n1. The fourth-order valence-corrected chi connectivity index (χ4v) is 3.59. The number of rotatable bonds is 5. The van der Waals surface area contributed by atoms with Gasteiger partial charge in [0, 0.05) is 25.7 Å². The summed E-state index contributed by atoms with van der Waals surface area (Å²) in [5.74, 6) is 2.60. The highest BCUT2D eigenvalue weighted by Gasteiger charge is 2.19. The maximum absolute atomic E-state index is 5.39. The highest BCUT2D eigenvalue weighted by Crippen LogP contribution is 2.25. The Morgan fingerprint density at radius 3 is 2.77 bits per heavy atom. The first-order valence-corrected chi connectivity index (χ1v) is 9.44. The number of aryl methyl sites for hydroxylation is 1. The van der Waals surface area contributed by atoms with Crippen LogP contribution >= 0.6 is 11.8 Å². The first kappa shape index (κ1) is 17.0. The molecule has 9 heteroatoms. The molecule has 0 N–H and O–H groups in total. The van der Waals surface area contributed by atoms with Crippen molar-refractivity contribution in [3.8, 4) is 11.4 Å². The third kappa shape index (κ3) is 3.45. The number of ether oxygens (including phenoxy) is 1. The average Bonchev–Trinajstić information content (AvgIpc) is 3.28. The zero-order valence-corrected chi connectivity index (χ0v) is 15.6. The smallest absolute Gasteiger partial charge is 0.237 e. The van der Waals surface area contributed by atoms with E-state index in [1.54, 1.807) is 0 Å². The van der Waals surface area contributed by atoms with Crippen molar-refractivity contribution in [2.75, 3.05) is 31.2 Å². The van der Waals surface area contributed by atoms with E-state index in [0.29, 0.717) is 17.5 Å². The zero-order chi connectivity index (χ0) is 17.9. The van der Waals surface area contributed by atoms with E-state index in [0.717, 1.165) is 48.5 Å². The Labute approximate surface area is 155 Å². The summed E-state index contributed by atoms with van der Waals surface area (Å²) in [5, 5.41) is 13.5. The molecule has 0 atom stereocenters. The Bertz CT molecular complexity index is 887. The lowest BCUT2D eigenvalue weighted by Crippen LogP contribution is -2.37. The molecule has 3 heterocycles. The monoisotopic (exact) mass is 372 g/mol. The number of morpholine rings is 1. The van der Waals surface area contributed by atoms with Crippen molar-refractivity contribution in [1.29, 1.82) is 0 Å². The van der Waals surface area contributed by atoms with Crippen LogP contribution in [0.15, 0.2) is 33.9 Å². The summed E-state index contributed by atoms with van der Waals surface area (Å²) >= 11 is 1.53. The molecule has 0 aliphatic carbocycles. The molecule has 2 aromatic heterocycles. The minimum absolute atomic E-state index is 0.550. The highest BCUT2D eigenvalue weighted by atomic mass is 32.2. The van der Waals surface area contributed by atoms with Crippen LogP contribution in [0, 0.1) is 6.92 Å². The molecule has 1 aliphatic rings. The molecule has 1 saturated heterocycles. The van der Waals surface area contributed by atoms with Gasteiger partial charge in [0.15, 0.2) is 5.16 Å². The summed E-state index contributed by atoms with van der Waals surface area (Å²) in [5.41, 5.74) is 2.11. The van der Waals surface area contributed by atoms with Crippen molar-refractivity contribution in [2.45, 2.75) is 17.8 Å². The largest absolute Gasteiger partial charge is 0.378 e. The lowest BCUT2D eigenvalue weighted by molar-refractivity contribution is 0.121. The fourth-order valence-electron chi connectivity index (χ4n) is 2.84. The van der Waals surface area contributed by atoms with E-state index in [1.807, 2.05) is 42.8 Å². The number of hydrogen-bond donors (Lipinski definition) is 0. The van der Waals surface area contributed by atoms with Gasteiger partial charge in [0.1, 0.15) is 0 Å². The predicted octanol–water partition coefficient (Wildman–Crippen LogP) is 2.30. The molecule has 26 heavy (non-hydrogen) atoms. The average molecular weight is 372 g/mol. The molecule has 0 radical (unpaired) electrons. The standard InChI is InChI=1S/C17H20N6O2S/c1-12-5-3-4-6-13(12)15-18-14(25-21-15)11-26-17-20-19-16(22(17)2)23-7-9-24-10-8-23/h3-6H,7-11H2,1-2H3. The van der Waals surface area contributed by atoms with Crippen molar-refractivity contribution in [3.63, 3.8) is 0 Å². The first-order valence-electron chi connectivity index (χ1n) is 8.46. The molecule has 0 unspecified atom stereocenters. The van der Waals surface area contributed by atoms with Gasteiger partial charge in [-0.3, -0.25) is 4.57 Å². The van der Waals surface area contributed by atoms with Crippen molar-refractivity contribution in [3.05, 3.63) is 35.7 Å². The third-order valence-corrected chi connectivity index (χ3v) is 5.29. The molecule has 4 rings (SSSR count). The summed E-state index contributed by atoms with van der Waals surface area (Å²) in [7, 11) is 1.97. The van der Waals surface area contributed by atoms with E-state index >= 15 is 0 Å². The summed E-state index contributed by atoms with van der Waals surface area (Å²) < 4.78 is 12.8. The second kappa shape index (κ2) is 7.46. The Hall–Kier alpha value is -2.39. The molecule has 0 spiro atoms. The van der Waals surface area contributed by atoms with Crippen molar-refractivity contribution in [2.24, 2.45) is 7.05 Å². The van der Waals surface area contributed by atoms with Gasteiger partial charge in [-0.05, 0) is 12.5 Å². The van der Waals surface area contributed by atoms with Gasteiger partial charge in [-0.2, -0.15) is 4.98 Å². The summed E-state index contributed by atoms with van der Waals surface area (Å²) in [6.45, 7) is 5.14. The number of hydrogen-bond acceptors (Lipinski definition) is 8. The fraction of sp³-hybridized carbons (Fsp3) is 0.412. The minimum Gasteiger partial charge on any atom is -0.378 e. The Balaban J connectivity index is 1.43. The normalized spacial score (nSPS) is 14.8. The second-order valence-electron chi connectivity index (χ2n) is 6.06. The van der Waals surface area contributed by atoms with E-state index in [9.17, 15) is 0 Å². The Morgan fingerprint density at radius 2 is 1.96 bits per heavy atom. The third-order valence-electron chi connectivity index (χ3n) is 4.28. The van der Waals surface area contributed by atoms with Crippen LogP contribution in [-0.2, 0) is 17.5 Å². The summed E-state index contributed by atoms with van der Waals surface area (Å²) in [6.07, 6.45) is 0. The van der Waals surface area contributed by atoms with Gasteiger partial charge in [0.2, 0.25) is 17.7 Å². The van der Waals surface area contributed by atoms with Crippen molar-refractivity contribution < 1.29 is 9.26 Å². The lowest BCUT2D eigenvalue weighted by atomic mass is 10.1. The van der Waals surface area contributed by atoms with E-state index in [-0.39, 0.29) is 0 Å². The van der Waals surface area contributed by atoms with Gasteiger partial charge in [-0.1, -0.05) is 41.2 Å². The zero-order valence-electron chi connectivity index (χ0n) is 14.8. The molecule has 1 aliphatic heterocycles. The molecule has 0 saturated carbocycles. The maximum atomic E-state index is 5.39. The molecule has 1 fully saturated rings. The summed E-state index contributed by atoms with van der Waals surface area (Å²) in [4.78, 5) is 6.68. The van der Waals surface area contributed by atoms with E-state index in [1.165, 1.54) is 11.8 Å². The van der Waals surface area contributed by atoms with Crippen LogP contribution < -0.4 is 4.90 Å². The second-order valence-corrected chi connectivity index (χ2v) is 7.00. The van der Waals surface area contributed by atoms with Gasteiger partial charge >= 0.3 is 0 Å². The number of nitrogens with zero attached hydrogens (tertiary/aromatic N) is 6. The van der Waals surface area contributed by atoms with Crippen LogP contribution in [0.5, 0.6) is 0 Å². The number of aromatic nitrogens is 5. The van der Waals surface area contributed by atoms with Crippen LogP contribution in [-0.4, -0.2) is 51.2 Å². The molecule has 8 nitrogen and oxygen atoms in total. The Kier molecular flexibility index (Phi) is 4.89. The lowest BCUT2D eigenvalue weighted by Gasteiger charge is -2.27. The topological polar surface area (TPSA) is 82.1 Å². The van der Waals surface area contributed by atoms with E-state index in [4.69, 9.17) is 9.26 Å². The molecule has 3 aromatic rings. The molecule has 0 bridgehead atoms. The van der Waals surface area contributed by atoms with Gasteiger partial charge in [0.25, 0.3) is 0 Å². The predicted molar refractivity (Wildman–Crippen MR) is 98.1 cm³/mol. The quantitative estimate of drug-likeness (QED) is 0.631. The van der Waals surface area contributed by atoms with E-state index < -0.39 is 0 Å². The number of thioether (sulfide) groups is 1. The van der Waals surface area contributed by atoms with Gasteiger partial charge in [0.05, 0.1) is 19.0 Å². The molecule has 136 valence electrons. The van der Waals surface area contributed by atoms with Crippen LogP contribution in [0.4, 0.5) is 5.95 Å². The molecular formula is C17H20N6O2S. The minimum atomic E-state index is 0.550. The van der Waals surface area contributed by atoms with Crippen LogP contribution in [0.3, 0.4) is 0 Å². The molecular weight excluding hydrogens is 352 g/mol. The van der Waals surface area contributed by atoms with Crippen LogP contribution in [0.2, 0.25) is 0 Å². The first-order chi connectivity index (χ1) is 12.7. The highest BCUT2D eigenvalue weighted by molar-refractivity contribution is 7.98. The van der Waals surface area contributed by atoms with Gasteiger partial charge in [-0.15, -0.1) is 10.2 Å². The van der Waals surface area contributed by atoms with Crippen molar-refractivity contribution in [1.82, 2.24) is 24.9 Å². The van der Waals surface area contributed by atoms with Gasteiger partial charge < -0.3 is 14.2 Å². The van der Waals surface area contributed by atoms with Crippen LogP contribution in [0.25, 0.3) is 11.4 Å². The van der Waals surface area contributed by atoms with Gasteiger partial charge in [-0.25, -0.2) is 0 Å². The molecule has 1 aromatic carbocycles. The molecule has 0 amide bonds.